The van der Waals surface area contributed by atoms with Gasteiger partial charge >= 0.3 is 0 Å². The van der Waals surface area contributed by atoms with Crippen molar-refractivity contribution in [2.75, 3.05) is 0 Å². The number of rotatable bonds is 2. The Labute approximate surface area is 258 Å². The summed E-state index contributed by atoms with van der Waals surface area (Å²) in [5.41, 5.74) is 10.4. The van der Waals surface area contributed by atoms with E-state index in [1.165, 1.54) is 75.4 Å². The number of allylic oxidation sites excluding steroid dienone is 4. The highest BCUT2D eigenvalue weighted by molar-refractivity contribution is 7.26. The summed E-state index contributed by atoms with van der Waals surface area (Å²) in [7, 11) is 0. The molecule has 10 rings (SSSR count). The fourth-order valence-corrected chi connectivity index (χ4v) is 8.83. The highest BCUT2D eigenvalue weighted by Gasteiger charge is 2.31. The summed E-state index contributed by atoms with van der Waals surface area (Å²) >= 11 is 1.84. The molecule has 0 saturated heterocycles. The highest BCUT2D eigenvalue weighted by Crippen LogP contribution is 2.50. The molecule has 8 aromatic rings. The summed E-state index contributed by atoms with van der Waals surface area (Å²) in [6.45, 7) is 0. The molecular weight excluding hydrogens is 553 g/mol. The zero-order valence-electron chi connectivity index (χ0n) is 23.8. The van der Waals surface area contributed by atoms with Crippen LogP contribution >= 0.6 is 11.3 Å². The third-order valence-corrected chi connectivity index (χ3v) is 10.8. The van der Waals surface area contributed by atoms with E-state index in [9.17, 15) is 0 Å². The lowest BCUT2D eigenvalue weighted by Crippen LogP contribution is -2.16. The predicted molar refractivity (Wildman–Crippen MR) is 186 cm³/mol. The Hall–Kier alpha value is -5.25. The molecule has 2 aliphatic rings. The second-order valence-corrected chi connectivity index (χ2v) is 13.0. The Kier molecular flexibility index (Phi) is 5.02. The number of fused-ring (bicyclic) bond motifs is 12. The molecular formula is C41H26N2S. The van der Waals surface area contributed by atoms with Crippen LogP contribution in [0, 0.1) is 0 Å². The Morgan fingerprint density at radius 2 is 1.20 bits per heavy atom. The average Bonchev–Trinajstić information content (AvgIpc) is 3.64. The largest absolute Gasteiger partial charge is 0.293 e. The molecule has 0 amide bonds. The molecule has 3 heteroatoms. The fourth-order valence-electron chi connectivity index (χ4n) is 7.67. The van der Waals surface area contributed by atoms with Crippen LogP contribution in [0.25, 0.3) is 70.0 Å². The summed E-state index contributed by atoms with van der Waals surface area (Å²) in [6, 6.07) is 42.5. The molecule has 2 atom stereocenters. The Bertz CT molecular complexity index is 2470. The van der Waals surface area contributed by atoms with E-state index in [1.54, 1.807) is 0 Å². The second-order valence-electron chi connectivity index (χ2n) is 11.9. The molecule has 0 radical (unpaired) electrons. The van der Waals surface area contributed by atoms with Crippen LogP contribution in [0.3, 0.4) is 0 Å². The van der Waals surface area contributed by atoms with Gasteiger partial charge in [0.05, 0.1) is 15.7 Å². The summed E-state index contributed by atoms with van der Waals surface area (Å²) in [5.74, 6) is 1.78. The molecule has 0 spiro atoms. The quantitative estimate of drug-likeness (QED) is 0.199. The van der Waals surface area contributed by atoms with E-state index in [4.69, 9.17) is 4.98 Å². The minimum atomic E-state index is 0.383. The Balaban J connectivity index is 1.16. The zero-order valence-corrected chi connectivity index (χ0v) is 24.6. The molecule has 3 aromatic heterocycles. The number of benzene rings is 5. The average molecular weight is 579 g/mol. The van der Waals surface area contributed by atoms with Crippen molar-refractivity contribution in [1.29, 1.82) is 0 Å². The number of nitrogens with zero attached hydrogens (tertiary/aromatic N) is 2. The molecule has 0 saturated carbocycles. The number of aromatic nitrogens is 2. The van der Waals surface area contributed by atoms with Crippen molar-refractivity contribution in [3.05, 3.63) is 157 Å². The predicted octanol–water partition coefficient (Wildman–Crippen LogP) is 11.2. The first-order valence-corrected chi connectivity index (χ1v) is 16.0. The number of pyridine rings is 1. The SMILES string of the molecule is C1=CC2c3ccccc3-c3cc(-c4ccc5sc6c(-n7c8ccccc8c8ccccc87)nccc6c5c4)ccc3C2C=C1. The molecule has 0 bridgehead atoms. The lowest BCUT2D eigenvalue weighted by atomic mass is 9.69. The minimum Gasteiger partial charge on any atom is -0.293 e. The Morgan fingerprint density at radius 1 is 0.545 bits per heavy atom. The van der Waals surface area contributed by atoms with Crippen LogP contribution in [0.1, 0.15) is 23.0 Å². The van der Waals surface area contributed by atoms with Crippen molar-refractivity contribution in [2.45, 2.75) is 11.8 Å². The first-order valence-electron chi connectivity index (χ1n) is 15.2. The third-order valence-electron chi connectivity index (χ3n) is 9.65. The van der Waals surface area contributed by atoms with E-state index in [2.05, 4.69) is 144 Å². The van der Waals surface area contributed by atoms with Crippen LogP contribution < -0.4 is 0 Å². The maximum Gasteiger partial charge on any atom is 0.155 e. The van der Waals surface area contributed by atoms with Gasteiger partial charge in [-0.15, -0.1) is 11.3 Å². The van der Waals surface area contributed by atoms with Crippen molar-refractivity contribution in [3.63, 3.8) is 0 Å². The van der Waals surface area contributed by atoms with Crippen LogP contribution in [0.2, 0.25) is 0 Å². The lowest BCUT2D eigenvalue weighted by molar-refractivity contribution is 0.720. The summed E-state index contributed by atoms with van der Waals surface area (Å²) in [6.07, 6.45) is 11.1. The zero-order chi connectivity index (χ0) is 28.8. The van der Waals surface area contributed by atoms with Gasteiger partial charge in [0.1, 0.15) is 0 Å². The number of hydrogen-bond acceptors (Lipinski definition) is 2. The molecule has 0 aliphatic heterocycles. The van der Waals surface area contributed by atoms with E-state index in [1.807, 2.05) is 17.5 Å². The second kappa shape index (κ2) is 9.12. The highest BCUT2D eigenvalue weighted by atomic mass is 32.1. The van der Waals surface area contributed by atoms with Crippen molar-refractivity contribution < 1.29 is 0 Å². The standard InChI is InChI=1S/C41H26N2S/c1-2-11-29-27(9-1)28-10-3-4-12-30(28)35-23-25(17-19-31(29)35)26-18-20-39-36(24-26)34-21-22-42-41(40(34)44-39)43-37-15-7-5-13-32(37)33-14-6-8-16-38(33)43/h1-24,27,29H. The molecule has 44 heavy (non-hydrogen) atoms. The van der Waals surface area contributed by atoms with Crippen molar-refractivity contribution in [3.8, 4) is 28.1 Å². The molecule has 5 aromatic carbocycles. The van der Waals surface area contributed by atoms with E-state index in [-0.39, 0.29) is 0 Å². The van der Waals surface area contributed by atoms with E-state index in [0.717, 1.165) is 5.82 Å². The van der Waals surface area contributed by atoms with Gasteiger partial charge in [-0.1, -0.05) is 103 Å². The van der Waals surface area contributed by atoms with Gasteiger partial charge in [-0.25, -0.2) is 4.98 Å². The topological polar surface area (TPSA) is 17.8 Å². The van der Waals surface area contributed by atoms with Crippen LogP contribution in [-0.4, -0.2) is 9.55 Å². The van der Waals surface area contributed by atoms with Crippen LogP contribution in [0.15, 0.2) is 146 Å². The summed E-state index contributed by atoms with van der Waals surface area (Å²) < 4.78 is 4.84. The molecule has 2 aliphatic carbocycles. The minimum absolute atomic E-state index is 0.383. The molecule has 0 N–H and O–H groups in total. The van der Waals surface area contributed by atoms with Crippen molar-refractivity contribution in [2.24, 2.45) is 0 Å². The van der Waals surface area contributed by atoms with Crippen LogP contribution in [0.5, 0.6) is 0 Å². The van der Waals surface area contributed by atoms with Crippen LogP contribution in [0.4, 0.5) is 0 Å². The van der Waals surface area contributed by atoms with Crippen LogP contribution in [-0.2, 0) is 0 Å². The van der Waals surface area contributed by atoms with Gasteiger partial charge in [0.2, 0.25) is 0 Å². The number of thiophene rings is 1. The molecule has 2 unspecified atom stereocenters. The fraction of sp³-hybridized carbons (Fsp3) is 0.0488. The van der Waals surface area contributed by atoms with Gasteiger partial charge in [0.15, 0.2) is 5.82 Å². The summed E-state index contributed by atoms with van der Waals surface area (Å²) in [5, 5.41) is 5.05. The number of hydrogen-bond donors (Lipinski definition) is 0. The molecule has 2 nitrogen and oxygen atoms in total. The van der Waals surface area contributed by atoms with Gasteiger partial charge in [-0.2, -0.15) is 0 Å². The van der Waals surface area contributed by atoms with Gasteiger partial charge in [0.25, 0.3) is 0 Å². The van der Waals surface area contributed by atoms with Gasteiger partial charge in [0, 0.05) is 44.3 Å². The first kappa shape index (κ1) is 24.2. The van der Waals surface area contributed by atoms with Gasteiger partial charge in [-0.05, 0) is 69.8 Å². The van der Waals surface area contributed by atoms with E-state index in [0.29, 0.717) is 11.8 Å². The Morgan fingerprint density at radius 3 is 2.00 bits per heavy atom. The molecule has 206 valence electrons. The van der Waals surface area contributed by atoms with Crippen molar-refractivity contribution >= 4 is 53.3 Å². The third kappa shape index (κ3) is 3.33. The summed E-state index contributed by atoms with van der Waals surface area (Å²) in [4.78, 5) is 4.99. The van der Waals surface area contributed by atoms with E-state index < -0.39 is 0 Å². The van der Waals surface area contributed by atoms with Gasteiger partial charge < -0.3 is 0 Å². The molecule has 3 heterocycles. The van der Waals surface area contributed by atoms with Gasteiger partial charge in [-0.3, -0.25) is 4.57 Å². The normalized spacial score (nSPS) is 16.9. The maximum atomic E-state index is 4.99. The first-order chi connectivity index (χ1) is 21.8. The van der Waals surface area contributed by atoms with E-state index >= 15 is 0 Å². The van der Waals surface area contributed by atoms with Crippen molar-refractivity contribution in [1.82, 2.24) is 9.55 Å². The monoisotopic (exact) mass is 578 g/mol. The maximum absolute atomic E-state index is 4.99. The molecule has 0 fully saturated rings. The smallest absolute Gasteiger partial charge is 0.155 e. The lowest BCUT2D eigenvalue weighted by Gasteiger charge is -2.34. The number of para-hydroxylation sites is 2.